The van der Waals surface area contributed by atoms with Gasteiger partial charge in [0.25, 0.3) is 0 Å². The standard InChI is InChI=1S/C6H7ClN2OS/c7-1-4-3-11-5(2-8)6(9)10-4/h4H,1,3,9H2. The molecule has 0 aliphatic carbocycles. The molecule has 0 radical (unpaired) electrons. The Balaban J connectivity index is 2.65. The molecule has 0 aromatic carbocycles. The van der Waals surface area contributed by atoms with E-state index >= 15 is 0 Å². The summed E-state index contributed by atoms with van der Waals surface area (Å²) in [7, 11) is 0. The SMILES string of the molecule is N#CC1=C(N)OC(CCl)CS1. The highest BCUT2D eigenvalue weighted by Gasteiger charge is 2.19. The third kappa shape index (κ3) is 1.95. The maximum atomic E-state index is 8.50. The summed E-state index contributed by atoms with van der Waals surface area (Å²) in [6.07, 6.45) is -0.0567. The predicted molar refractivity (Wildman–Crippen MR) is 44.9 cm³/mol. The highest BCUT2D eigenvalue weighted by molar-refractivity contribution is 8.03. The quantitative estimate of drug-likeness (QED) is 0.627. The van der Waals surface area contributed by atoms with Crippen LogP contribution in [0.2, 0.25) is 0 Å². The molecule has 0 bridgehead atoms. The van der Waals surface area contributed by atoms with Crippen LogP contribution < -0.4 is 5.73 Å². The maximum Gasteiger partial charge on any atom is 0.209 e. The van der Waals surface area contributed by atoms with Crippen molar-refractivity contribution in [3.8, 4) is 6.07 Å². The summed E-state index contributed by atoms with van der Waals surface area (Å²) in [5.74, 6) is 1.31. The zero-order valence-corrected chi connectivity index (χ0v) is 7.28. The molecule has 1 atom stereocenters. The zero-order valence-electron chi connectivity index (χ0n) is 5.71. The second-order valence-corrected chi connectivity index (χ2v) is 3.35. The summed E-state index contributed by atoms with van der Waals surface area (Å²) in [6, 6.07) is 1.95. The lowest BCUT2D eigenvalue weighted by Gasteiger charge is -2.21. The van der Waals surface area contributed by atoms with Gasteiger partial charge in [-0.2, -0.15) is 5.26 Å². The lowest BCUT2D eigenvalue weighted by molar-refractivity contribution is 0.148. The first-order valence-electron chi connectivity index (χ1n) is 3.03. The number of rotatable bonds is 1. The molecule has 1 heterocycles. The van der Waals surface area contributed by atoms with Crippen LogP contribution in [0.5, 0.6) is 0 Å². The Morgan fingerprint density at radius 3 is 3.09 bits per heavy atom. The Bertz CT molecular complexity index is 223. The number of alkyl halides is 1. The van der Waals surface area contributed by atoms with Crippen molar-refractivity contribution in [2.45, 2.75) is 6.10 Å². The molecule has 2 N–H and O–H groups in total. The molecule has 5 heteroatoms. The van der Waals surface area contributed by atoms with E-state index < -0.39 is 0 Å². The third-order valence-corrected chi connectivity index (χ3v) is 2.67. The van der Waals surface area contributed by atoms with Gasteiger partial charge < -0.3 is 10.5 Å². The minimum absolute atomic E-state index is 0.0567. The Labute approximate surface area is 74.1 Å². The Morgan fingerprint density at radius 2 is 2.64 bits per heavy atom. The number of hydrogen-bond donors (Lipinski definition) is 1. The second kappa shape index (κ2) is 3.74. The van der Waals surface area contributed by atoms with Crippen LogP contribution in [-0.4, -0.2) is 17.7 Å². The number of ether oxygens (including phenoxy) is 1. The molecule has 1 aliphatic heterocycles. The van der Waals surface area contributed by atoms with E-state index in [9.17, 15) is 0 Å². The van der Waals surface area contributed by atoms with E-state index in [0.29, 0.717) is 16.5 Å². The van der Waals surface area contributed by atoms with Crippen LogP contribution >= 0.6 is 23.4 Å². The maximum absolute atomic E-state index is 8.50. The first-order chi connectivity index (χ1) is 5.27. The predicted octanol–water partition coefficient (Wildman–Crippen LogP) is 1.01. The molecule has 0 saturated heterocycles. The smallest absolute Gasteiger partial charge is 0.209 e. The van der Waals surface area contributed by atoms with Crippen LogP contribution in [0, 0.1) is 11.3 Å². The molecular weight excluding hydrogens is 184 g/mol. The van der Waals surface area contributed by atoms with Gasteiger partial charge in [-0.15, -0.1) is 23.4 Å². The highest BCUT2D eigenvalue weighted by Crippen LogP contribution is 2.25. The molecular formula is C6H7ClN2OS. The third-order valence-electron chi connectivity index (χ3n) is 1.20. The summed E-state index contributed by atoms with van der Waals surface area (Å²) in [5.41, 5.74) is 5.41. The van der Waals surface area contributed by atoms with Crippen molar-refractivity contribution in [3.05, 3.63) is 10.8 Å². The Hall–Kier alpha value is -0.530. The summed E-state index contributed by atoms with van der Waals surface area (Å²) in [4.78, 5) is 0.450. The van der Waals surface area contributed by atoms with E-state index in [1.807, 2.05) is 6.07 Å². The number of nitrogens with two attached hydrogens (primary N) is 1. The molecule has 0 saturated carbocycles. The first kappa shape index (κ1) is 8.57. The number of thioether (sulfide) groups is 1. The van der Waals surface area contributed by atoms with Crippen LogP contribution in [0.3, 0.4) is 0 Å². The lowest BCUT2D eigenvalue weighted by atomic mass is 10.4. The van der Waals surface area contributed by atoms with Crippen molar-refractivity contribution in [1.82, 2.24) is 0 Å². The fraction of sp³-hybridized carbons (Fsp3) is 0.500. The van der Waals surface area contributed by atoms with Crippen LogP contribution in [0.25, 0.3) is 0 Å². The molecule has 1 aliphatic rings. The van der Waals surface area contributed by atoms with Gasteiger partial charge in [-0.3, -0.25) is 0 Å². The summed E-state index contributed by atoms with van der Waals surface area (Å²) < 4.78 is 5.12. The normalized spacial score (nSPS) is 24.2. The number of halogens is 1. The van der Waals surface area contributed by atoms with Crippen LogP contribution in [-0.2, 0) is 4.74 Å². The monoisotopic (exact) mass is 190 g/mol. The summed E-state index contributed by atoms with van der Waals surface area (Å²) >= 11 is 6.93. The lowest BCUT2D eigenvalue weighted by Crippen LogP contribution is -2.25. The number of nitriles is 1. The van der Waals surface area contributed by atoms with Gasteiger partial charge >= 0.3 is 0 Å². The molecule has 3 nitrogen and oxygen atoms in total. The van der Waals surface area contributed by atoms with E-state index in [4.69, 9.17) is 27.3 Å². The van der Waals surface area contributed by atoms with Crippen molar-refractivity contribution >= 4 is 23.4 Å². The molecule has 0 fully saturated rings. The van der Waals surface area contributed by atoms with Crippen molar-refractivity contribution in [2.75, 3.05) is 11.6 Å². The van der Waals surface area contributed by atoms with E-state index in [2.05, 4.69) is 0 Å². The van der Waals surface area contributed by atoms with Crippen LogP contribution in [0.1, 0.15) is 0 Å². The zero-order chi connectivity index (χ0) is 8.27. The van der Waals surface area contributed by atoms with Crippen molar-refractivity contribution < 1.29 is 4.74 Å². The number of allylic oxidation sites excluding steroid dienone is 1. The summed E-state index contributed by atoms with van der Waals surface area (Å²) in [5, 5.41) is 8.50. The van der Waals surface area contributed by atoms with Gasteiger partial charge in [-0.05, 0) is 0 Å². The number of hydrogen-bond acceptors (Lipinski definition) is 4. The molecule has 11 heavy (non-hydrogen) atoms. The van der Waals surface area contributed by atoms with Crippen LogP contribution in [0.15, 0.2) is 10.8 Å². The Morgan fingerprint density at radius 1 is 1.91 bits per heavy atom. The minimum Gasteiger partial charge on any atom is -0.473 e. The van der Waals surface area contributed by atoms with Gasteiger partial charge in [0.05, 0.1) is 5.88 Å². The molecule has 60 valence electrons. The van der Waals surface area contributed by atoms with Gasteiger partial charge in [0, 0.05) is 5.75 Å². The van der Waals surface area contributed by atoms with Crippen molar-refractivity contribution in [3.63, 3.8) is 0 Å². The molecule has 1 rings (SSSR count). The van der Waals surface area contributed by atoms with E-state index in [-0.39, 0.29) is 12.0 Å². The van der Waals surface area contributed by atoms with E-state index in [1.165, 1.54) is 11.8 Å². The molecule has 0 aromatic rings. The van der Waals surface area contributed by atoms with Crippen molar-refractivity contribution in [1.29, 1.82) is 5.26 Å². The first-order valence-corrected chi connectivity index (χ1v) is 4.55. The number of nitrogens with zero attached hydrogens (tertiary/aromatic N) is 1. The highest BCUT2D eigenvalue weighted by atomic mass is 35.5. The summed E-state index contributed by atoms with van der Waals surface area (Å²) in [6.45, 7) is 0. The largest absolute Gasteiger partial charge is 0.473 e. The average molecular weight is 191 g/mol. The van der Waals surface area contributed by atoms with E-state index in [0.717, 1.165) is 0 Å². The van der Waals surface area contributed by atoms with Crippen LogP contribution in [0.4, 0.5) is 0 Å². The van der Waals surface area contributed by atoms with Gasteiger partial charge in [0.1, 0.15) is 17.1 Å². The average Bonchev–Trinajstić information content (AvgIpc) is 2.04. The van der Waals surface area contributed by atoms with Crippen molar-refractivity contribution in [2.24, 2.45) is 5.73 Å². The fourth-order valence-corrected chi connectivity index (χ4v) is 1.77. The topological polar surface area (TPSA) is 59.0 Å². The van der Waals surface area contributed by atoms with E-state index in [1.54, 1.807) is 0 Å². The molecule has 0 amide bonds. The molecule has 0 aromatic heterocycles. The van der Waals surface area contributed by atoms with Gasteiger partial charge in [0.2, 0.25) is 5.88 Å². The second-order valence-electron chi connectivity index (χ2n) is 2.01. The van der Waals surface area contributed by atoms with Gasteiger partial charge in [0.15, 0.2) is 0 Å². The molecule has 1 unspecified atom stereocenters. The van der Waals surface area contributed by atoms with Gasteiger partial charge in [-0.25, -0.2) is 0 Å². The Kier molecular flexibility index (Phi) is 2.92. The minimum atomic E-state index is -0.0567. The molecule has 0 spiro atoms. The fourth-order valence-electron chi connectivity index (χ4n) is 0.678. The van der Waals surface area contributed by atoms with Gasteiger partial charge in [-0.1, -0.05) is 0 Å².